The predicted molar refractivity (Wildman–Crippen MR) is 98.3 cm³/mol. The number of piperidine rings is 1. The zero-order valence-corrected chi connectivity index (χ0v) is 14.9. The molecule has 0 radical (unpaired) electrons. The Kier molecular flexibility index (Phi) is 7.53. The summed E-state index contributed by atoms with van der Waals surface area (Å²) < 4.78 is 0. The number of aliphatic hydroxyl groups excluding tert-OH is 1. The molecule has 1 unspecified atom stereocenters. The molecule has 134 valence electrons. The average molecular weight is 333 g/mol. The number of hydrogen-bond acceptors (Lipinski definition) is 3. The molecule has 1 saturated heterocycles. The standard InChI is InChI=1S/C19H31N3O2/c1-3-6-16-7-4-5-8-18(16)21-19(24)20-13-17(23)14-22-11-9-15(2)10-12-22/h4-5,7-8,15,17,23H,3,6,9-14H2,1-2H3,(H2,20,21,24). The van der Waals surface area contributed by atoms with E-state index in [9.17, 15) is 9.90 Å². The van der Waals surface area contributed by atoms with E-state index in [2.05, 4.69) is 29.4 Å². The van der Waals surface area contributed by atoms with Crippen LogP contribution in [-0.4, -0.2) is 48.3 Å². The molecule has 2 rings (SSSR count). The van der Waals surface area contributed by atoms with E-state index in [1.54, 1.807) is 0 Å². The molecule has 1 atom stereocenters. The number of nitrogens with zero attached hydrogens (tertiary/aromatic N) is 1. The summed E-state index contributed by atoms with van der Waals surface area (Å²) in [5.74, 6) is 0.783. The van der Waals surface area contributed by atoms with Crippen molar-refractivity contribution in [3.63, 3.8) is 0 Å². The second-order valence-electron chi connectivity index (χ2n) is 6.88. The SMILES string of the molecule is CCCc1ccccc1NC(=O)NCC(O)CN1CCC(C)CC1. The largest absolute Gasteiger partial charge is 0.390 e. The van der Waals surface area contributed by atoms with Crippen LogP contribution in [0.4, 0.5) is 10.5 Å². The molecule has 1 aliphatic rings. The van der Waals surface area contributed by atoms with Gasteiger partial charge in [-0.05, 0) is 49.9 Å². The minimum absolute atomic E-state index is 0.259. The number of carbonyl (C=O) groups is 1. The van der Waals surface area contributed by atoms with Crippen LogP contribution < -0.4 is 10.6 Å². The van der Waals surface area contributed by atoms with Crippen molar-refractivity contribution in [2.24, 2.45) is 5.92 Å². The number of rotatable bonds is 7. The van der Waals surface area contributed by atoms with E-state index in [0.717, 1.165) is 43.1 Å². The summed E-state index contributed by atoms with van der Waals surface area (Å²) in [5.41, 5.74) is 1.98. The number of aliphatic hydroxyl groups is 1. The molecule has 1 aromatic rings. The van der Waals surface area contributed by atoms with Gasteiger partial charge in [-0.1, -0.05) is 38.5 Å². The highest BCUT2D eigenvalue weighted by atomic mass is 16.3. The fourth-order valence-electron chi connectivity index (χ4n) is 3.11. The van der Waals surface area contributed by atoms with Gasteiger partial charge in [-0.2, -0.15) is 0 Å². The highest BCUT2D eigenvalue weighted by Gasteiger charge is 2.18. The number of benzene rings is 1. The fourth-order valence-corrected chi connectivity index (χ4v) is 3.11. The minimum Gasteiger partial charge on any atom is -0.390 e. The number of β-amino-alcohol motifs (C(OH)–C–C–N with tert-alkyl or cyclic N) is 1. The highest BCUT2D eigenvalue weighted by Crippen LogP contribution is 2.17. The summed E-state index contributed by atoms with van der Waals surface area (Å²) in [6.07, 6.45) is 3.82. The number of anilines is 1. The first-order chi connectivity index (χ1) is 11.6. The van der Waals surface area contributed by atoms with Gasteiger partial charge in [0.25, 0.3) is 0 Å². The van der Waals surface area contributed by atoms with Gasteiger partial charge >= 0.3 is 6.03 Å². The van der Waals surface area contributed by atoms with E-state index in [1.165, 1.54) is 12.8 Å². The third-order valence-corrected chi connectivity index (χ3v) is 4.63. The normalized spacial score (nSPS) is 17.5. The van der Waals surface area contributed by atoms with E-state index in [-0.39, 0.29) is 12.6 Å². The zero-order chi connectivity index (χ0) is 17.4. The number of nitrogens with one attached hydrogen (secondary N) is 2. The van der Waals surface area contributed by atoms with Gasteiger partial charge < -0.3 is 20.6 Å². The first kappa shape index (κ1) is 18.7. The first-order valence-corrected chi connectivity index (χ1v) is 9.11. The Morgan fingerprint density at radius 1 is 1.33 bits per heavy atom. The smallest absolute Gasteiger partial charge is 0.319 e. The van der Waals surface area contributed by atoms with Gasteiger partial charge in [0, 0.05) is 18.8 Å². The molecule has 0 aromatic heterocycles. The van der Waals surface area contributed by atoms with Crippen molar-refractivity contribution in [2.75, 3.05) is 31.5 Å². The number of likely N-dealkylation sites (tertiary alicyclic amines) is 1. The molecule has 5 heteroatoms. The molecule has 0 bridgehead atoms. The van der Waals surface area contributed by atoms with E-state index in [0.29, 0.717) is 6.54 Å². The first-order valence-electron chi connectivity index (χ1n) is 9.11. The number of urea groups is 1. The van der Waals surface area contributed by atoms with Crippen molar-refractivity contribution in [1.82, 2.24) is 10.2 Å². The van der Waals surface area contributed by atoms with E-state index in [4.69, 9.17) is 0 Å². The summed E-state index contributed by atoms with van der Waals surface area (Å²) in [6, 6.07) is 7.59. The van der Waals surface area contributed by atoms with Crippen molar-refractivity contribution < 1.29 is 9.90 Å². The lowest BCUT2D eigenvalue weighted by atomic mass is 9.99. The van der Waals surface area contributed by atoms with Crippen LogP contribution in [0.15, 0.2) is 24.3 Å². The number of para-hydroxylation sites is 1. The van der Waals surface area contributed by atoms with Gasteiger partial charge in [-0.25, -0.2) is 4.79 Å². The molecule has 0 spiro atoms. The molecule has 2 amide bonds. The second-order valence-corrected chi connectivity index (χ2v) is 6.88. The monoisotopic (exact) mass is 333 g/mol. The molecule has 0 aliphatic carbocycles. The van der Waals surface area contributed by atoms with E-state index < -0.39 is 6.10 Å². The van der Waals surface area contributed by atoms with Gasteiger partial charge in [0.1, 0.15) is 0 Å². The summed E-state index contributed by atoms with van der Waals surface area (Å²) in [6.45, 7) is 7.36. The third-order valence-electron chi connectivity index (χ3n) is 4.63. The molecular formula is C19H31N3O2. The summed E-state index contributed by atoms with van der Waals surface area (Å²) in [7, 11) is 0. The lowest BCUT2D eigenvalue weighted by Crippen LogP contribution is -2.43. The number of hydrogen-bond donors (Lipinski definition) is 3. The Balaban J connectivity index is 1.72. The van der Waals surface area contributed by atoms with Gasteiger partial charge in [0.2, 0.25) is 0 Å². The Labute approximate surface area is 145 Å². The molecule has 5 nitrogen and oxygen atoms in total. The topological polar surface area (TPSA) is 64.6 Å². The highest BCUT2D eigenvalue weighted by molar-refractivity contribution is 5.90. The molecule has 3 N–H and O–H groups in total. The van der Waals surface area contributed by atoms with Gasteiger partial charge in [0.05, 0.1) is 6.10 Å². The van der Waals surface area contributed by atoms with Crippen molar-refractivity contribution in [3.8, 4) is 0 Å². The fraction of sp³-hybridized carbons (Fsp3) is 0.632. The molecule has 24 heavy (non-hydrogen) atoms. The lowest BCUT2D eigenvalue weighted by Gasteiger charge is -2.31. The van der Waals surface area contributed by atoms with Gasteiger partial charge in [-0.3, -0.25) is 0 Å². The molecular weight excluding hydrogens is 302 g/mol. The molecule has 1 aliphatic heterocycles. The molecule has 1 heterocycles. The van der Waals surface area contributed by atoms with Crippen LogP contribution in [0.2, 0.25) is 0 Å². The number of aryl methyl sites for hydroxylation is 1. The van der Waals surface area contributed by atoms with Gasteiger partial charge in [0.15, 0.2) is 0 Å². The maximum absolute atomic E-state index is 12.1. The van der Waals surface area contributed by atoms with Crippen LogP contribution in [0.3, 0.4) is 0 Å². The number of carbonyl (C=O) groups excluding carboxylic acids is 1. The van der Waals surface area contributed by atoms with Crippen molar-refractivity contribution >= 4 is 11.7 Å². The second kappa shape index (κ2) is 9.64. The quantitative estimate of drug-likeness (QED) is 0.719. The van der Waals surface area contributed by atoms with Crippen LogP contribution in [0.1, 0.15) is 38.7 Å². The lowest BCUT2D eigenvalue weighted by molar-refractivity contribution is 0.0924. The maximum atomic E-state index is 12.1. The summed E-state index contributed by atoms with van der Waals surface area (Å²) >= 11 is 0. The zero-order valence-electron chi connectivity index (χ0n) is 14.9. The Morgan fingerprint density at radius 2 is 2.04 bits per heavy atom. The maximum Gasteiger partial charge on any atom is 0.319 e. The minimum atomic E-state index is -0.532. The van der Waals surface area contributed by atoms with Crippen LogP contribution in [0.25, 0.3) is 0 Å². The van der Waals surface area contributed by atoms with E-state index >= 15 is 0 Å². The van der Waals surface area contributed by atoms with Crippen LogP contribution in [0.5, 0.6) is 0 Å². The average Bonchev–Trinajstić information content (AvgIpc) is 2.57. The van der Waals surface area contributed by atoms with Gasteiger partial charge in [-0.15, -0.1) is 0 Å². The Bertz CT molecular complexity index is 513. The predicted octanol–water partition coefficient (Wildman–Crippen LogP) is 2.85. The molecule has 1 aromatic carbocycles. The number of amides is 2. The van der Waals surface area contributed by atoms with Crippen LogP contribution >= 0.6 is 0 Å². The van der Waals surface area contributed by atoms with Crippen molar-refractivity contribution in [1.29, 1.82) is 0 Å². The third kappa shape index (κ3) is 6.13. The van der Waals surface area contributed by atoms with Crippen LogP contribution in [0, 0.1) is 5.92 Å². The van der Waals surface area contributed by atoms with Crippen molar-refractivity contribution in [2.45, 2.75) is 45.6 Å². The Morgan fingerprint density at radius 3 is 2.75 bits per heavy atom. The Hall–Kier alpha value is -1.59. The molecule has 1 fully saturated rings. The summed E-state index contributed by atoms with van der Waals surface area (Å²) in [5, 5.41) is 15.8. The van der Waals surface area contributed by atoms with Crippen molar-refractivity contribution in [3.05, 3.63) is 29.8 Å². The van der Waals surface area contributed by atoms with Crippen LogP contribution in [-0.2, 0) is 6.42 Å². The molecule has 0 saturated carbocycles. The summed E-state index contributed by atoms with van der Waals surface area (Å²) in [4.78, 5) is 14.3. The van der Waals surface area contributed by atoms with E-state index in [1.807, 2.05) is 24.3 Å².